The molecule has 2 fully saturated rings. The summed E-state index contributed by atoms with van der Waals surface area (Å²) in [6, 6.07) is 5.55. The lowest BCUT2D eigenvalue weighted by Crippen LogP contribution is -2.50. The minimum absolute atomic E-state index is 0.0678. The number of nitrogens with zero attached hydrogens (tertiary/aromatic N) is 2. The Kier molecular flexibility index (Phi) is 6.93. The summed E-state index contributed by atoms with van der Waals surface area (Å²) in [6.45, 7) is 4.59. The number of rotatable bonds is 8. The van der Waals surface area contributed by atoms with E-state index in [1.165, 1.54) is 0 Å². The van der Waals surface area contributed by atoms with Crippen LogP contribution in [-0.2, 0) is 9.59 Å². The van der Waals surface area contributed by atoms with Gasteiger partial charge in [0.2, 0.25) is 11.8 Å². The summed E-state index contributed by atoms with van der Waals surface area (Å²) in [7, 11) is 1.56. The number of amides is 2. The number of anilines is 1. The number of hydrogen-bond acceptors (Lipinski definition) is 5. The standard InChI is InChI=1S/C19H27ClN4O3/c1-27-17-5-2-14(20)12-16(17)22-18(25)6-7-23-8-10-24(11-9-23)13-19(26)21-15-3-4-15/h2,5,12,15H,3-4,6-11,13H2,1H3,(H,21,26)(H,22,25). The van der Waals surface area contributed by atoms with Crippen molar-refractivity contribution in [2.45, 2.75) is 25.3 Å². The molecule has 7 nitrogen and oxygen atoms in total. The van der Waals surface area contributed by atoms with E-state index < -0.39 is 0 Å². The number of halogens is 1. The number of ether oxygens (including phenoxy) is 1. The van der Waals surface area contributed by atoms with Crippen LogP contribution in [0.15, 0.2) is 18.2 Å². The Hall–Kier alpha value is -1.83. The molecule has 3 rings (SSSR count). The Labute approximate surface area is 165 Å². The van der Waals surface area contributed by atoms with Gasteiger partial charge in [-0.1, -0.05) is 11.6 Å². The van der Waals surface area contributed by atoms with E-state index in [4.69, 9.17) is 16.3 Å². The molecule has 0 aromatic heterocycles. The van der Waals surface area contributed by atoms with Crippen LogP contribution in [0, 0.1) is 0 Å². The van der Waals surface area contributed by atoms with Crippen molar-refractivity contribution in [1.82, 2.24) is 15.1 Å². The van der Waals surface area contributed by atoms with Crippen LogP contribution in [0.3, 0.4) is 0 Å². The van der Waals surface area contributed by atoms with Crippen molar-refractivity contribution in [3.8, 4) is 5.75 Å². The number of hydrogen-bond donors (Lipinski definition) is 2. The second kappa shape index (κ2) is 9.39. The van der Waals surface area contributed by atoms with E-state index in [9.17, 15) is 9.59 Å². The van der Waals surface area contributed by atoms with Gasteiger partial charge in [-0.25, -0.2) is 0 Å². The molecule has 2 aliphatic rings. The lowest BCUT2D eigenvalue weighted by Gasteiger charge is -2.34. The predicted octanol–water partition coefficient (Wildman–Crippen LogP) is 1.57. The molecular formula is C19H27ClN4O3. The SMILES string of the molecule is COc1ccc(Cl)cc1NC(=O)CCN1CCN(CC(=O)NC2CC2)CC1. The molecule has 1 aromatic rings. The molecule has 2 amide bonds. The van der Waals surface area contributed by atoms with Crippen LogP contribution in [0.1, 0.15) is 19.3 Å². The molecule has 8 heteroatoms. The summed E-state index contributed by atoms with van der Waals surface area (Å²) in [6.07, 6.45) is 2.63. The van der Waals surface area contributed by atoms with Crippen molar-refractivity contribution in [3.05, 3.63) is 23.2 Å². The molecule has 1 aliphatic carbocycles. The van der Waals surface area contributed by atoms with Gasteiger partial charge in [-0.15, -0.1) is 0 Å². The highest BCUT2D eigenvalue weighted by molar-refractivity contribution is 6.31. The van der Waals surface area contributed by atoms with Gasteiger partial charge in [-0.05, 0) is 31.0 Å². The number of carbonyl (C=O) groups is 2. The Bertz CT molecular complexity index is 673. The van der Waals surface area contributed by atoms with Crippen molar-refractivity contribution >= 4 is 29.1 Å². The van der Waals surface area contributed by atoms with Gasteiger partial charge >= 0.3 is 0 Å². The van der Waals surface area contributed by atoms with Crippen molar-refractivity contribution in [1.29, 1.82) is 0 Å². The second-order valence-corrected chi connectivity index (χ2v) is 7.54. The molecular weight excluding hydrogens is 368 g/mol. The summed E-state index contributed by atoms with van der Waals surface area (Å²) in [5, 5.41) is 6.43. The van der Waals surface area contributed by atoms with E-state index in [0.717, 1.165) is 39.0 Å². The van der Waals surface area contributed by atoms with Crippen LogP contribution in [-0.4, -0.2) is 74.0 Å². The zero-order valence-electron chi connectivity index (χ0n) is 15.7. The molecule has 0 radical (unpaired) electrons. The van der Waals surface area contributed by atoms with E-state index in [2.05, 4.69) is 20.4 Å². The first-order valence-corrected chi connectivity index (χ1v) is 9.79. The Morgan fingerprint density at radius 2 is 1.85 bits per heavy atom. The number of benzene rings is 1. The van der Waals surface area contributed by atoms with E-state index in [1.54, 1.807) is 25.3 Å². The molecule has 1 aromatic carbocycles. The average molecular weight is 395 g/mol. The fraction of sp³-hybridized carbons (Fsp3) is 0.579. The third-order valence-electron chi connectivity index (χ3n) is 4.87. The van der Waals surface area contributed by atoms with Crippen LogP contribution in [0.2, 0.25) is 5.02 Å². The second-order valence-electron chi connectivity index (χ2n) is 7.10. The highest BCUT2D eigenvalue weighted by Gasteiger charge is 2.25. The molecule has 0 atom stereocenters. The van der Waals surface area contributed by atoms with Gasteiger partial charge in [0, 0.05) is 50.2 Å². The number of piperazine rings is 1. The Morgan fingerprint density at radius 1 is 1.15 bits per heavy atom. The maximum absolute atomic E-state index is 12.3. The van der Waals surface area contributed by atoms with Gasteiger partial charge in [0.05, 0.1) is 19.3 Å². The smallest absolute Gasteiger partial charge is 0.234 e. The lowest BCUT2D eigenvalue weighted by atomic mass is 10.2. The maximum atomic E-state index is 12.3. The third-order valence-corrected chi connectivity index (χ3v) is 5.10. The molecule has 0 bridgehead atoms. The van der Waals surface area contributed by atoms with Crippen LogP contribution in [0.5, 0.6) is 5.75 Å². The first-order valence-electron chi connectivity index (χ1n) is 9.41. The zero-order valence-corrected chi connectivity index (χ0v) is 16.4. The van der Waals surface area contributed by atoms with Gasteiger partial charge in [0.25, 0.3) is 0 Å². The summed E-state index contributed by atoms with van der Waals surface area (Å²) in [4.78, 5) is 28.5. The minimum Gasteiger partial charge on any atom is -0.495 e. The van der Waals surface area contributed by atoms with Gasteiger partial charge < -0.3 is 20.3 Å². The lowest BCUT2D eigenvalue weighted by molar-refractivity contribution is -0.122. The van der Waals surface area contributed by atoms with Crippen LogP contribution < -0.4 is 15.4 Å². The first kappa shape index (κ1) is 19.9. The number of methoxy groups -OCH3 is 1. The highest BCUT2D eigenvalue weighted by atomic mass is 35.5. The van der Waals surface area contributed by atoms with Gasteiger partial charge in [0.1, 0.15) is 5.75 Å². The quantitative estimate of drug-likeness (QED) is 0.700. The minimum atomic E-state index is -0.0678. The fourth-order valence-corrected chi connectivity index (χ4v) is 3.30. The number of nitrogens with one attached hydrogen (secondary N) is 2. The molecule has 2 N–H and O–H groups in total. The molecule has 1 saturated carbocycles. The van der Waals surface area contributed by atoms with Crippen molar-refractivity contribution < 1.29 is 14.3 Å². The molecule has 1 saturated heterocycles. The normalized spacial score (nSPS) is 18.1. The molecule has 1 heterocycles. The average Bonchev–Trinajstić information content (AvgIpc) is 3.45. The largest absolute Gasteiger partial charge is 0.495 e. The van der Waals surface area contributed by atoms with Gasteiger partial charge in [0.15, 0.2) is 0 Å². The maximum Gasteiger partial charge on any atom is 0.234 e. The van der Waals surface area contributed by atoms with Crippen molar-refractivity contribution in [2.24, 2.45) is 0 Å². The summed E-state index contributed by atoms with van der Waals surface area (Å²) in [5.74, 6) is 0.647. The summed E-state index contributed by atoms with van der Waals surface area (Å²) < 4.78 is 5.24. The van der Waals surface area contributed by atoms with Gasteiger partial charge in [-0.2, -0.15) is 0 Å². The summed E-state index contributed by atoms with van der Waals surface area (Å²) in [5.41, 5.74) is 0.585. The van der Waals surface area contributed by atoms with E-state index in [1.807, 2.05) is 0 Å². The molecule has 148 valence electrons. The van der Waals surface area contributed by atoms with Crippen LogP contribution >= 0.6 is 11.6 Å². The molecule has 0 spiro atoms. The predicted molar refractivity (Wildman–Crippen MR) is 105 cm³/mol. The summed E-state index contributed by atoms with van der Waals surface area (Å²) >= 11 is 5.99. The third kappa shape index (κ3) is 6.37. The molecule has 0 unspecified atom stereocenters. The topological polar surface area (TPSA) is 73.9 Å². The van der Waals surface area contributed by atoms with Crippen LogP contribution in [0.25, 0.3) is 0 Å². The molecule has 27 heavy (non-hydrogen) atoms. The first-order chi connectivity index (χ1) is 13.0. The van der Waals surface area contributed by atoms with E-state index in [0.29, 0.717) is 42.0 Å². The van der Waals surface area contributed by atoms with Crippen molar-refractivity contribution in [3.63, 3.8) is 0 Å². The van der Waals surface area contributed by atoms with Crippen molar-refractivity contribution in [2.75, 3.05) is 51.7 Å². The highest BCUT2D eigenvalue weighted by Crippen LogP contribution is 2.27. The van der Waals surface area contributed by atoms with E-state index in [-0.39, 0.29) is 11.8 Å². The monoisotopic (exact) mass is 394 g/mol. The Morgan fingerprint density at radius 3 is 2.52 bits per heavy atom. The molecule has 1 aliphatic heterocycles. The van der Waals surface area contributed by atoms with Crippen LogP contribution in [0.4, 0.5) is 5.69 Å². The fourth-order valence-electron chi connectivity index (χ4n) is 3.13. The number of carbonyl (C=O) groups excluding carboxylic acids is 2. The van der Waals surface area contributed by atoms with E-state index >= 15 is 0 Å². The zero-order chi connectivity index (χ0) is 19.2. The Balaban J connectivity index is 1.36. The van der Waals surface area contributed by atoms with Gasteiger partial charge in [-0.3, -0.25) is 14.5 Å².